The average molecular weight is 223 g/mol. The number of nitrogens with zero attached hydrogens (tertiary/aromatic N) is 2. The molecule has 1 aromatic heterocycles. The third-order valence-electron chi connectivity index (χ3n) is 2.85. The maximum Gasteiger partial charge on any atom is 0.133 e. The molecule has 0 radical (unpaired) electrons. The van der Waals surface area contributed by atoms with E-state index in [9.17, 15) is 0 Å². The Labute approximate surface area is 100 Å². The van der Waals surface area contributed by atoms with Crippen molar-refractivity contribution in [1.82, 2.24) is 4.98 Å². The Kier molecular flexibility index (Phi) is 2.58. The zero-order chi connectivity index (χ0) is 11.5. The number of fused-ring (bicyclic) bond motifs is 1. The summed E-state index contributed by atoms with van der Waals surface area (Å²) in [5, 5.41) is 3.32. The van der Waals surface area contributed by atoms with Crippen LogP contribution in [0.25, 0.3) is 0 Å². The van der Waals surface area contributed by atoms with Gasteiger partial charge in [0.25, 0.3) is 0 Å². The molecule has 0 saturated heterocycles. The van der Waals surface area contributed by atoms with Gasteiger partial charge in [-0.25, -0.2) is 0 Å². The molecule has 3 nitrogen and oxygen atoms in total. The summed E-state index contributed by atoms with van der Waals surface area (Å²) in [6.07, 6.45) is 4.59. The lowest BCUT2D eigenvalue weighted by Gasteiger charge is -2.17. The molecule has 1 aliphatic heterocycles. The Balaban J connectivity index is 1.92. The van der Waals surface area contributed by atoms with Gasteiger partial charge >= 0.3 is 0 Å². The minimum Gasteiger partial charge on any atom is -0.339 e. The number of rotatable bonds is 1. The molecule has 2 heterocycles. The molecular weight excluding hydrogens is 210 g/mol. The Morgan fingerprint density at radius 1 is 1.06 bits per heavy atom. The second kappa shape index (κ2) is 4.37. The van der Waals surface area contributed by atoms with E-state index < -0.39 is 0 Å². The number of aliphatic imine (C=N–C) groups is 1. The Hall–Kier alpha value is -2.16. The fraction of sp³-hybridized carbons (Fsp3) is 0.143. The minimum atomic E-state index is 0.847. The standard InChI is InChI=1S/C14H13N3/c1-2-6-13-11(4-1)7-9-16-14(13)17-12-5-3-8-15-10-12/h1-6,8,10H,7,9H2,(H,16,17). The zero-order valence-corrected chi connectivity index (χ0v) is 9.43. The zero-order valence-electron chi connectivity index (χ0n) is 9.43. The molecular formula is C14H13N3. The van der Waals surface area contributed by atoms with Gasteiger partial charge in [-0.15, -0.1) is 0 Å². The normalized spacial score (nSPS) is 13.8. The van der Waals surface area contributed by atoms with E-state index >= 15 is 0 Å². The van der Waals surface area contributed by atoms with Crippen molar-refractivity contribution in [3.05, 3.63) is 59.9 Å². The van der Waals surface area contributed by atoms with Crippen molar-refractivity contribution in [3.8, 4) is 0 Å². The fourth-order valence-electron chi connectivity index (χ4n) is 2.02. The van der Waals surface area contributed by atoms with Crippen molar-refractivity contribution >= 4 is 11.5 Å². The van der Waals surface area contributed by atoms with Gasteiger partial charge in [-0.2, -0.15) is 0 Å². The van der Waals surface area contributed by atoms with E-state index in [0.717, 1.165) is 24.5 Å². The molecule has 0 atom stereocenters. The number of amidine groups is 1. The molecule has 1 aromatic carbocycles. The molecule has 0 saturated carbocycles. The van der Waals surface area contributed by atoms with E-state index in [1.807, 2.05) is 18.2 Å². The quantitative estimate of drug-likeness (QED) is 0.806. The van der Waals surface area contributed by atoms with Crippen LogP contribution < -0.4 is 5.32 Å². The Morgan fingerprint density at radius 3 is 2.88 bits per heavy atom. The summed E-state index contributed by atoms with van der Waals surface area (Å²) in [5.41, 5.74) is 3.53. The van der Waals surface area contributed by atoms with Gasteiger partial charge in [-0.05, 0) is 24.1 Å². The molecule has 0 unspecified atom stereocenters. The van der Waals surface area contributed by atoms with Crippen LogP contribution in [0.4, 0.5) is 5.69 Å². The lowest BCUT2D eigenvalue weighted by Crippen LogP contribution is -2.20. The van der Waals surface area contributed by atoms with Crippen LogP contribution in [0.15, 0.2) is 53.8 Å². The van der Waals surface area contributed by atoms with E-state index in [1.165, 1.54) is 11.1 Å². The summed E-state index contributed by atoms with van der Waals surface area (Å²) in [6.45, 7) is 0.847. The fourth-order valence-corrected chi connectivity index (χ4v) is 2.02. The van der Waals surface area contributed by atoms with Crippen LogP contribution in [0, 0.1) is 0 Å². The van der Waals surface area contributed by atoms with Crippen LogP contribution in [0.3, 0.4) is 0 Å². The highest BCUT2D eigenvalue weighted by Gasteiger charge is 2.12. The number of nitrogens with one attached hydrogen (secondary N) is 1. The molecule has 0 aliphatic carbocycles. The number of hydrogen-bond acceptors (Lipinski definition) is 3. The van der Waals surface area contributed by atoms with Gasteiger partial charge in [0.2, 0.25) is 0 Å². The Morgan fingerprint density at radius 2 is 2.00 bits per heavy atom. The van der Waals surface area contributed by atoms with Crippen LogP contribution in [-0.2, 0) is 6.42 Å². The number of benzene rings is 1. The van der Waals surface area contributed by atoms with Crippen molar-refractivity contribution < 1.29 is 0 Å². The monoisotopic (exact) mass is 223 g/mol. The van der Waals surface area contributed by atoms with Crippen LogP contribution in [0.1, 0.15) is 11.1 Å². The lowest BCUT2D eigenvalue weighted by molar-refractivity contribution is 0.942. The van der Waals surface area contributed by atoms with Crippen molar-refractivity contribution in [2.24, 2.45) is 4.99 Å². The van der Waals surface area contributed by atoms with Crippen molar-refractivity contribution in [1.29, 1.82) is 0 Å². The largest absolute Gasteiger partial charge is 0.339 e. The third-order valence-corrected chi connectivity index (χ3v) is 2.85. The van der Waals surface area contributed by atoms with Crippen LogP contribution in [0.2, 0.25) is 0 Å². The van der Waals surface area contributed by atoms with Gasteiger partial charge in [-0.1, -0.05) is 24.3 Å². The first-order chi connectivity index (χ1) is 8.43. The molecule has 2 aromatic rings. The molecule has 1 N–H and O–H groups in total. The predicted molar refractivity (Wildman–Crippen MR) is 69.4 cm³/mol. The third kappa shape index (κ3) is 2.04. The first-order valence-electron chi connectivity index (χ1n) is 5.73. The highest BCUT2D eigenvalue weighted by molar-refractivity contribution is 6.09. The van der Waals surface area contributed by atoms with E-state index in [2.05, 4.69) is 33.5 Å². The van der Waals surface area contributed by atoms with E-state index in [-0.39, 0.29) is 0 Å². The van der Waals surface area contributed by atoms with Gasteiger partial charge in [0.1, 0.15) is 5.84 Å². The van der Waals surface area contributed by atoms with Gasteiger partial charge in [0.15, 0.2) is 0 Å². The van der Waals surface area contributed by atoms with Crippen molar-refractivity contribution in [2.45, 2.75) is 6.42 Å². The van der Waals surface area contributed by atoms with Gasteiger partial charge < -0.3 is 5.32 Å². The highest BCUT2D eigenvalue weighted by Crippen LogP contribution is 2.17. The molecule has 3 rings (SSSR count). The summed E-state index contributed by atoms with van der Waals surface area (Å²) in [7, 11) is 0. The summed E-state index contributed by atoms with van der Waals surface area (Å²) in [5.74, 6) is 0.944. The van der Waals surface area contributed by atoms with E-state index in [0.29, 0.717) is 0 Å². The number of hydrogen-bond donors (Lipinski definition) is 1. The number of pyridine rings is 1. The van der Waals surface area contributed by atoms with Gasteiger partial charge in [0, 0.05) is 18.3 Å². The molecule has 1 aliphatic rings. The van der Waals surface area contributed by atoms with E-state index in [4.69, 9.17) is 0 Å². The second-order valence-electron chi connectivity index (χ2n) is 4.00. The maximum absolute atomic E-state index is 4.54. The minimum absolute atomic E-state index is 0.847. The molecule has 0 bridgehead atoms. The number of aromatic nitrogens is 1. The number of anilines is 1. The van der Waals surface area contributed by atoms with Gasteiger partial charge in [0.05, 0.1) is 11.9 Å². The summed E-state index contributed by atoms with van der Waals surface area (Å²) in [6, 6.07) is 12.3. The van der Waals surface area contributed by atoms with Crippen LogP contribution in [-0.4, -0.2) is 17.4 Å². The van der Waals surface area contributed by atoms with Crippen LogP contribution >= 0.6 is 0 Å². The molecule has 84 valence electrons. The molecule has 0 fully saturated rings. The first-order valence-corrected chi connectivity index (χ1v) is 5.73. The molecule has 3 heteroatoms. The predicted octanol–water partition coefficient (Wildman–Crippen LogP) is 2.50. The van der Waals surface area contributed by atoms with Crippen molar-refractivity contribution in [3.63, 3.8) is 0 Å². The first kappa shape index (κ1) is 10.0. The molecule has 17 heavy (non-hydrogen) atoms. The maximum atomic E-state index is 4.54. The topological polar surface area (TPSA) is 37.3 Å². The highest BCUT2D eigenvalue weighted by atomic mass is 15.0. The molecule has 0 spiro atoms. The average Bonchev–Trinajstić information content (AvgIpc) is 2.40. The van der Waals surface area contributed by atoms with Crippen LogP contribution in [0.5, 0.6) is 0 Å². The second-order valence-corrected chi connectivity index (χ2v) is 4.00. The van der Waals surface area contributed by atoms with E-state index in [1.54, 1.807) is 12.4 Å². The summed E-state index contributed by atoms with van der Waals surface area (Å²) < 4.78 is 0. The summed E-state index contributed by atoms with van der Waals surface area (Å²) in [4.78, 5) is 8.63. The smallest absolute Gasteiger partial charge is 0.133 e. The summed E-state index contributed by atoms with van der Waals surface area (Å²) >= 11 is 0. The van der Waals surface area contributed by atoms with Gasteiger partial charge in [-0.3, -0.25) is 9.98 Å². The molecule has 0 amide bonds. The van der Waals surface area contributed by atoms with Crippen molar-refractivity contribution in [2.75, 3.05) is 11.9 Å². The SMILES string of the molecule is c1cncc(NC2=NCCc3ccccc32)c1. The Bertz CT molecular complexity index is 546. The lowest BCUT2D eigenvalue weighted by atomic mass is 10.0.